The monoisotopic (exact) mass is 388 g/mol. The molecule has 1 aromatic rings. The van der Waals surface area contributed by atoms with Crippen LogP contribution in [0.1, 0.15) is 18.9 Å². The van der Waals surface area contributed by atoms with Gasteiger partial charge in [-0.1, -0.05) is 11.6 Å². The van der Waals surface area contributed by atoms with Crippen LogP contribution in [-0.4, -0.2) is 56.3 Å². The van der Waals surface area contributed by atoms with Crippen LogP contribution in [0.4, 0.5) is 5.69 Å². The molecule has 138 valence electrons. The maximum absolute atomic E-state index is 12.5. The third-order valence-corrected chi connectivity index (χ3v) is 6.33. The lowest BCUT2D eigenvalue weighted by Gasteiger charge is -2.26. The molecular weight excluding hydrogens is 368 g/mol. The van der Waals surface area contributed by atoms with Gasteiger partial charge in [-0.25, -0.2) is 8.42 Å². The van der Waals surface area contributed by atoms with Gasteiger partial charge in [-0.05, 0) is 31.9 Å². The topological polar surface area (TPSA) is 92.8 Å². The normalized spacial score (nSPS) is 18.6. The molecule has 1 N–H and O–H groups in total. The van der Waals surface area contributed by atoms with Gasteiger partial charge in [-0.15, -0.1) is 0 Å². The van der Waals surface area contributed by atoms with Gasteiger partial charge in [0.1, 0.15) is 5.75 Å². The summed E-state index contributed by atoms with van der Waals surface area (Å²) in [4.78, 5) is 26.1. The number of aryl methyl sites for hydroxylation is 1. The number of halogens is 1. The Hall–Kier alpha value is -1.80. The van der Waals surface area contributed by atoms with Gasteiger partial charge in [0.05, 0.1) is 24.3 Å². The SMILES string of the molecule is CCN(C(=O)C(=O)Nc1cc(C)c(Cl)cc1OC)C1CCS(=O)(=O)C1. The van der Waals surface area contributed by atoms with Gasteiger partial charge in [0.2, 0.25) is 0 Å². The summed E-state index contributed by atoms with van der Waals surface area (Å²) in [7, 11) is -1.72. The predicted molar refractivity (Wildman–Crippen MR) is 95.8 cm³/mol. The first-order chi connectivity index (χ1) is 11.7. The zero-order valence-corrected chi connectivity index (χ0v) is 15.9. The summed E-state index contributed by atoms with van der Waals surface area (Å²) in [5.41, 5.74) is 1.05. The number of nitrogens with one attached hydrogen (secondary N) is 1. The molecule has 1 aliphatic rings. The van der Waals surface area contributed by atoms with E-state index in [-0.39, 0.29) is 18.1 Å². The van der Waals surface area contributed by atoms with Gasteiger partial charge < -0.3 is 15.0 Å². The number of carbonyl (C=O) groups is 2. The van der Waals surface area contributed by atoms with Gasteiger partial charge in [-0.2, -0.15) is 0 Å². The highest BCUT2D eigenvalue weighted by molar-refractivity contribution is 7.91. The number of benzene rings is 1. The summed E-state index contributed by atoms with van der Waals surface area (Å²) in [6.07, 6.45) is 0.346. The number of nitrogens with zero attached hydrogens (tertiary/aromatic N) is 1. The Balaban J connectivity index is 2.17. The average Bonchev–Trinajstić information content (AvgIpc) is 2.90. The largest absolute Gasteiger partial charge is 0.495 e. The van der Waals surface area contributed by atoms with Crippen LogP contribution in [0, 0.1) is 6.92 Å². The van der Waals surface area contributed by atoms with Crippen molar-refractivity contribution in [2.75, 3.05) is 30.5 Å². The highest BCUT2D eigenvalue weighted by Gasteiger charge is 2.36. The molecular formula is C16H21ClN2O5S. The molecule has 0 aromatic heterocycles. The number of hydrogen-bond acceptors (Lipinski definition) is 5. The first kappa shape index (κ1) is 19.5. The number of likely N-dealkylation sites (N-methyl/N-ethyl adjacent to an activating group) is 1. The van der Waals surface area contributed by atoms with Crippen molar-refractivity contribution in [2.45, 2.75) is 26.3 Å². The number of carbonyl (C=O) groups excluding carboxylic acids is 2. The van der Waals surface area contributed by atoms with E-state index in [0.717, 1.165) is 5.56 Å². The maximum atomic E-state index is 12.5. The van der Waals surface area contributed by atoms with Crippen molar-refractivity contribution >= 4 is 38.9 Å². The second-order valence-electron chi connectivity index (χ2n) is 5.90. The molecule has 1 aliphatic heterocycles. The van der Waals surface area contributed by atoms with Crippen LogP contribution >= 0.6 is 11.6 Å². The molecule has 1 fully saturated rings. The fraction of sp³-hybridized carbons (Fsp3) is 0.500. The van der Waals surface area contributed by atoms with Crippen molar-refractivity contribution in [2.24, 2.45) is 0 Å². The van der Waals surface area contributed by atoms with Crippen LogP contribution in [0.3, 0.4) is 0 Å². The molecule has 25 heavy (non-hydrogen) atoms. The zero-order valence-electron chi connectivity index (χ0n) is 14.3. The van der Waals surface area contributed by atoms with Crippen LogP contribution in [0.5, 0.6) is 5.75 Å². The molecule has 1 saturated heterocycles. The van der Waals surface area contributed by atoms with E-state index in [1.54, 1.807) is 26.0 Å². The molecule has 1 unspecified atom stereocenters. The van der Waals surface area contributed by atoms with Gasteiger partial charge in [-0.3, -0.25) is 9.59 Å². The molecule has 9 heteroatoms. The van der Waals surface area contributed by atoms with E-state index < -0.39 is 27.7 Å². The summed E-state index contributed by atoms with van der Waals surface area (Å²) >= 11 is 6.02. The minimum atomic E-state index is -3.15. The Kier molecular flexibility index (Phi) is 5.95. The van der Waals surface area contributed by atoms with Crippen LogP contribution in [0.25, 0.3) is 0 Å². The lowest BCUT2D eigenvalue weighted by atomic mass is 10.2. The number of rotatable bonds is 4. The molecule has 0 aliphatic carbocycles. The van der Waals surface area contributed by atoms with E-state index in [4.69, 9.17) is 16.3 Å². The number of amides is 2. The van der Waals surface area contributed by atoms with Gasteiger partial charge >= 0.3 is 11.8 Å². The fourth-order valence-electron chi connectivity index (χ4n) is 2.82. The molecule has 1 atom stereocenters. The van der Waals surface area contributed by atoms with E-state index in [1.807, 2.05) is 0 Å². The molecule has 1 heterocycles. The Morgan fingerprint density at radius 2 is 2.08 bits per heavy atom. The summed E-state index contributed by atoms with van der Waals surface area (Å²) < 4.78 is 28.4. The third kappa shape index (κ3) is 4.43. The summed E-state index contributed by atoms with van der Waals surface area (Å²) in [6, 6.07) is 2.70. The summed E-state index contributed by atoms with van der Waals surface area (Å²) in [6.45, 7) is 3.73. The van der Waals surface area contributed by atoms with Gasteiger partial charge in [0.25, 0.3) is 0 Å². The van der Waals surface area contributed by atoms with Crippen molar-refractivity contribution < 1.29 is 22.7 Å². The molecule has 0 saturated carbocycles. The standard InChI is InChI=1S/C16H21ClN2O5S/c1-4-19(11-5-6-25(22,23)9-11)16(21)15(20)18-13-7-10(2)12(17)8-14(13)24-3/h7-8,11H,4-6,9H2,1-3H3,(H,18,20). The quantitative estimate of drug-likeness (QED) is 0.791. The van der Waals surface area contributed by atoms with E-state index in [2.05, 4.69) is 5.32 Å². The second-order valence-corrected chi connectivity index (χ2v) is 8.54. The predicted octanol–water partition coefficient (Wildman–Crippen LogP) is 1.63. The second kappa shape index (κ2) is 7.61. The Labute approximate surface area is 152 Å². The lowest BCUT2D eigenvalue weighted by Crippen LogP contribution is -2.46. The highest BCUT2D eigenvalue weighted by atomic mass is 35.5. The molecule has 0 bridgehead atoms. The minimum Gasteiger partial charge on any atom is -0.495 e. The molecule has 0 spiro atoms. The fourth-order valence-corrected chi connectivity index (χ4v) is 4.71. The number of methoxy groups -OCH3 is 1. The molecule has 2 amide bonds. The van der Waals surface area contributed by atoms with E-state index in [0.29, 0.717) is 22.9 Å². The lowest BCUT2D eigenvalue weighted by molar-refractivity contribution is -0.144. The zero-order chi connectivity index (χ0) is 18.8. The summed E-state index contributed by atoms with van der Waals surface area (Å²) in [5, 5.41) is 3.00. The number of sulfone groups is 1. The van der Waals surface area contributed by atoms with Crippen molar-refractivity contribution in [3.63, 3.8) is 0 Å². The first-order valence-corrected chi connectivity index (χ1v) is 10.0. The van der Waals surface area contributed by atoms with Crippen molar-refractivity contribution in [1.82, 2.24) is 4.90 Å². The van der Waals surface area contributed by atoms with Crippen LogP contribution in [0.15, 0.2) is 12.1 Å². The van der Waals surface area contributed by atoms with E-state index >= 15 is 0 Å². The van der Waals surface area contributed by atoms with Crippen LogP contribution < -0.4 is 10.1 Å². The molecule has 0 radical (unpaired) electrons. The maximum Gasteiger partial charge on any atom is 0.314 e. The summed E-state index contributed by atoms with van der Waals surface area (Å²) in [5.74, 6) is -1.34. The van der Waals surface area contributed by atoms with Gasteiger partial charge in [0, 0.05) is 23.7 Å². The molecule has 1 aromatic carbocycles. The minimum absolute atomic E-state index is 0.0350. The Morgan fingerprint density at radius 1 is 1.40 bits per heavy atom. The van der Waals surface area contributed by atoms with Crippen molar-refractivity contribution in [3.8, 4) is 5.75 Å². The van der Waals surface area contributed by atoms with E-state index in [9.17, 15) is 18.0 Å². The Bertz CT molecular complexity index is 794. The highest BCUT2D eigenvalue weighted by Crippen LogP contribution is 2.31. The van der Waals surface area contributed by atoms with Crippen molar-refractivity contribution in [1.29, 1.82) is 0 Å². The van der Waals surface area contributed by atoms with Gasteiger partial charge in [0.15, 0.2) is 9.84 Å². The Morgan fingerprint density at radius 3 is 2.60 bits per heavy atom. The smallest absolute Gasteiger partial charge is 0.314 e. The number of ether oxygens (including phenoxy) is 1. The van der Waals surface area contributed by atoms with E-state index in [1.165, 1.54) is 12.0 Å². The third-order valence-electron chi connectivity index (χ3n) is 4.17. The van der Waals surface area contributed by atoms with Crippen LogP contribution in [-0.2, 0) is 19.4 Å². The first-order valence-electron chi connectivity index (χ1n) is 7.85. The van der Waals surface area contributed by atoms with Crippen molar-refractivity contribution in [3.05, 3.63) is 22.7 Å². The molecule has 7 nitrogen and oxygen atoms in total. The van der Waals surface area contributed by atoms with Crippen LogP contribution in [0.2, 0.25) is 5.02 Å². The number of hydrogen-bond donors (Lipinski definition) is 1. The molecule has 2 rings (SSSR count). The number of anilines is 1. The average molecular weight is 389 g/mol.